The maximum Gasteiger partial charge on any atom is 0.264 e. The average Bonchev–Trinajstić information content (AvgIpc) is 2.93. The fraction of sp³-hybridized carbons (Fsp3) is 0.375. The van der Waals surface area contributed by atoms with Crippen molar-refractivity contribution in [1.29, 1.82) is 0 Å². The van der Waals surface area contributed by atoms with Gasteiger partial charge in [-0.15, -0.1) is 0 Å². The van der Waals surface area contributed by atoms with E-state index < -0.39 is 28.5 Å². The number of amides is 2. The van der Waals surface area contributed by atoms with Crippen LogP contribution in [-0.2, 0) is 26.2 Å². The van der Waals surface area contributed by atoms with Crippen LogP contribution in [0.25, 0.3) is 0 Å². The lowest BCUT2D eigenvalue weighted by molar-refractivity contribution is -0.140. The molecule has 0 heterocycles. The predicted octanol–water partition coefficient (Wildman–Crippen LogP) is 6.04. The van der Waals surface area contributed by atoms with Crippen molar-refractivity contribution in [2.45, 2.75) is 65.4 Å². The first-order chi connectivity index (χ1) is 19.3. The molecule has 0 bridgehead atoms. The van der Waals surface area contributed by atoms with Gasteiger partial charge in [-0.3, -0.25) is 13.9 Å². The smallest absolute Gasteiger partial charge is 0.264 e. The first-order valence-corrected chi connectivity index (χ1v) is 15.6. The zero-order valence-electron chi connectivity index (χ0n) is 24.6. The van der Waals surface area contributed by atoms with Crippen LogP contribution in [0.4, 0.5) is 5.69 Å². The van der Waals surface area contributed by atoms with Crippen LogP contribution in [0.15, 0.2) is 71.6 Å². The van der Waals surface area contributed by atoms with Gasteiger partial charge in [-0.2, -0.15) is 0 Å². The first-order valence-electron chi connectivity index (χ1n) is 13.8. The molecule has 0 spiro atoms. The lowest BCUT2D eigenvalue weighted by Gasteiger charge is -2.34. The number of hydrogen-bond acceptors (Lipinski definition) is 4. The number of aryl methyl sites for hydroxylation is 3. The molecule has 1 atom stereocenters. The summed E-state index contributed by atoms with van der Waals surface area (Å²) in [6.45, 7) is 11.6. The monoisotopic (exact) mass is 597 g/mol. The number of hydrogen-bond donors (Lipinski definition) is 1. The SMILES string of the molecule is CC[C@@H](C(=O)NCC(C)C)N(Cc1ccccc1C)C(=O)CN(c1cc(Cl)ccc1C)S(=O)(=O)c1ccc(C)cc1. The molecule has 0 radical (unpaired) electrons. The van der Waals surface area contributed by atoms with Gasteiger partial charge in [-0.05, 0) is 74.1 Å². The third kappa shape index (κ3) is 8.11. The second-order valence-corrected chi connectivity index (χ2v) is 13.1. The summed E-state index contributed by atoms with van der Waals surface area (Å²) < 4.78 is 29.2. The highest BCUT2D eigenvalue weighted by atomic mass is 35.5. The number of benzene rings is 3. The topological polar surface area (TPSA) is 86.8 Å². The Balaban J connectivity index is 2.10. The molecule has 0 saturated carbocycles. The Hall–Kier alpha value is -3.36. The zero-order chi connectivity index (χ0) is 30.3. The third-order valence-corrected chi connectivity index (χ3v) is 9.01. The number of carbonyl (C=O) groups excluding carboxylic acids is 2. The Bertz CT molecular complexity index is 1470. The Morgan fingerprint density at radius 2 is 1.59 bits per heavy atom. The van der Waals surface area contributed by atoms with Gasteiger partial charge in [0.2, 0.25) is 11.8 Å². The molecule has 220 valence electrons. The lowest BCUT2D eigenvalue weighted by Crippen LogP contribution is -2.52. The van der Waals surface area contributed by atoms with E-state index in [9.17, 15) is 18.0 Å². The van der Waals surface area contributed by atoms with Crippen LogP contribution in [-0.4, -0.2) is 44.3 Å². The quantitative estimate of drug-likeness (QED) is 0.276. The van der Waals surface area contributed by atoms with E-state index in [1.165, 1.54) is 17.0 Å². The normalized spacial score (nSPS) is 12.2. The van der Waals surface area contributed by atoms with Crippen LogP contribution in [0, 0.1) is 26.7 Å². The molecular formula is C32H40ClN3O4S. The summed E-state index contributed by atoms with van der Waals surface area (Å²) in [6, 6.07) is 18.3. The van der Waals surface area contributed by atoms with Crippen molar-refractivity contribution in [3.05, 3.63) is 94.0 Å². The van der Waals surface area contributed by atoms with Gasteiger partial charge in [0.25, 0.3) is 10.0 Å². The number of sulfonamides is 1. The molecule has 0 aliphatic heterocycles. The highest BCUT2D eigenvalue weighted by molar-refractivity contribution is 7.92. The third-order valence-electron chi connectivity index (χ3n) is 7.00. The van der Waals surface area contributed by atoms with Gasteiger partial charge in [0.15, 0.2) is 0 Å². The van der Waals surface area contributed by atoms with Gasteiger partial charge in [0.1, 0.15) is 12.6 Å². The molecule has 9 heteroatoms. The summed E-state index contributed by atoms with van der Waals surface area (Å²) >= 11 is 6.31. The molecule has 0 aliphatic carbocycles. The van der Waals surface area contributed by atoms with E-state index in [1.807, 2.05) is 58.9 Å². The maximum absolute atomic E-state index is 14.2. The minimum atomic E-state index is -4.17. The van der Waals surface area contributed by atoms with Crippen LogP contribution in [0.5, 0.6) is 0 Å². The number of carbonyl (C=O) groups is 2. The molecule has 7 nitrogen and oxygen atoms in total. The second-order valence-electron chi connectivity index (χ2n) is 10.8. The van der Waals surface area contributed by atoms with E-state index in [1.54, 1.807) is 37.3 Å². The Morgan fingerprint density at radius 1 is 0.927 bits per heavy atom. The Morgan fingerprint density at radius 3 is 2.20 bits per heavy atom. The van der Waals surface area contributed by atoms with E-state index in [2.05, 4.69) is 5.32 Å². The molecule has 0 fully saturated rings. The highest BCUT2D eigenvalue weighted by Crippen LogP contribution is 2.30. The largest absolute Gasteiger partial charge is 0.354 e. The molecule has 0 unspecified atom stereocenters. The molecule has 0 saturated heterocycles. The molecule has 2 amide bonds. The van der Waals surface area contributed by atoms with Crippen molar-refractivity contribution in [1.82, 2.24) is 10.2 Å². The van der Waals surface area contributed by atoms with Crippen LogP contribution < -0.4 is 9.62 Å². The van der Waals surface area contributed by atoms with Gasteiger partial charge in [0, 0.05) is 18.1 Å². The van der Waals surface area contributed by atoms with E-state index in [-0.39, 0.29) is 23.3 Å². The van der Waals surface area contributed by atoms with E-state index in [4.69, 9.17) is 11.6 Å². The summed E-state index contributed by atoms with van der Waals surface area (Å²) in [4.78, 5) is 29.1. The molecule has 3 rings (SSSR count). The molecule has 41 heavy (non-hydrogen) atoms. The Labute approximate surface area is 249 Å². The van der Waals surface area contributed by atoms with Gasteiger partial charge in [-0.1, -0.05) is 80.4 Å². The van der Waals surface area contributed by atoms with Crippen LogP contribution in [0.2, 0.25) is 5.02 Å². The van der Waals surface area contributed by atoms with Gasteiger partial charge < -0.3 is 10.2 Å². The molecule has 0 aliphatic rings. The van der Waals surface area contributed by atoms with Gasteiger partial charge >= 0.3 is 0 Å². The number of anilines is 1. The zero-order valence-corrected chi connectivity index (χ0v) is 26.2. The summed E-state index contributed by atoms with van der Waals surface area (Å²) in [7, 11) is -4.17. The van der Waals surface area contributed by atoms with E-state index in [0.717, 1.165) is 21.0 Å². The van der Waals surface area contributed by atoms with E-state index >= 15 is 0 Å². The molecular weight excluding hydrogens is 558 g/mol. The molecule has 1 N–H and O–H groups in total. The van der Waals surface area contributed by atoms with E-state index in [0.29, 0.717) is 29.2 Å². The van der Waals surface area contributed by atoms with Crippen molar-refractivity contribution in [3.8, 4) is 0 Å². The highest BCUT2D eigenvalue weighted by Gasteiger charge is 2.34. The fourth-order valence-electron chi connectivity index (χ4n) is 4.52. The van der Waals surface area contributed by atoms with Crippen LogP contribution >= 0.6 is 11.6 Å². The minimum absolute atomic E-state index is 0.0578. The van der Waals surface area contributed by atoms with Gasteiger partial charge in [-0.25, -0.2) is 8.42 Å². The first kappa shape index (κ1) is 32.2. The van der Waals surface area contributed by atoms with Crippen LogP contribution in [0.1, 0.15) is 49.4 Å². The van der Waals surface area contributed by atoms with Crippen molar-refractivity contribution < 1.29 is 18.0 Å². The average molecular weight is 598 g/mol. The summed E-state index contributed by atoms with van der Waals surface area (Å²) in [5, 5.41) is 3.30. The number of nitrogens with zero attached hydrogens (tertiary/aromatic N) is 2. The lowest BCUT2D eigenvalue weighted by atomic mass is 10.1. The summed E-state index contributed by atoms with van der Waals surface area (Å²) in [5.74, 6) is -0.525. The number of nitrogens with one attached hydrogen (secondary N) is 1. The van der Waals surface area contributed by atoms with Crippen molar-refractivity contribution in [2.24, 2.45) is 5.92 Å². The van der Waals surface area contributed by atoms with Crippen LogP contribution in [0.3, 0.4) is 0 Å². The van der Waals surface area contributed by atoms with Crippen molar-refractivity contribution >= 4 is 39.1 Å². The summed E-state index contributed by atoms with van der Waals surface area (Å²) in [5.41, 5.74) is 3.71. The molecule has 3 aromatic carbocycles. The standard InChI is InChI=1S/C32H40ClN3O4S/c1-7-29(32(38)34-19-22(2)3)35(20-26-11-9-8-10-24(26)5)31(37)21-36(30-18-27(33)15-14-25(30)6)41(39,40)28-16-12-23(4)13-17-28/h8-18,22,29H,7,19-21H2,1-6H3,(H,34,38)/t29-/m0/s1. The molecule has 3 aromatic rings. The number of rotatable bonds is 12. The second kappa shape index (κ2) is 14.0. The number of halogens is 1. The van der Waals surface area contributed by atoms with Crippen molar-refractivity contribution in [3.63, 3.8) is 0 Å². The summed E-state index contributed by atoms with van der Waals surface area (Å²) in [6.07, 6.45) is 0.364. The van der Waals surface area contributed by atoms with Crippen molar-refractivity contribution in [2.75, 3.05) is 17.4 Å². The fourth-order valence-corrected chi connectivity index (χ4v) is 6.15. The Kier molecular flexibility index (Phi) is 11.0. The minimum Gasteiger partial charge on any atom is -0.354 e. The predicted molar refractivity (Wildman–Crippen MR) is 166 cm³/mol. The molecule has 0 aromatic heterocycles. The van der Waals surface area contributed by atoms with Gasteiger partial charge in [0.05, 0.1) is 10.6 Å². The maximum atomic E-state index is 14.2.